The number of halogens is 1. The summed E-state index contributed by atoms with van der Waals surface area (Å²) in [6, 6.07) is 7.25. The van der Waals surface area contributed by atoms with Gasteiger partial charge in [0.1, 0.15) is 12.4 Å². The summed E-state index contributed by atoms with van der Waals surface area (Å²) in [5.41, 5.74) is -0.990. The van der Waals surface area contributed by atoms with Gasteiger partial charge in [0.25, 0.3) is 17.3 Å². The third-order valence-corrected chi connectivity index (χ3v) is 7.05. The van der Waals surface area contributed by atoms with Gasteiger partial charge in [0.2, 0.25) is 0 Å². The van der Waals surface area contributed by atoms with Gasteiger partial charge in [-0.05, 0) is 41.9 Å². The maximum atomic E-state index is 13.2. The maximum Gasteiger partial charge on any atom is 0.330 e. The van der Waals surface area contributed by atoms with Crippen LogP contribution in [0.2, 0.25) is 0 Å². The summed E-state index contributed by atoms with van der Waals surface area (Å²) in [4.78, 5) is 33.6. The standard InChI is InChI=1S/C17H16BrN5O7S/c1-10(2)21-17(24)12-5-3-4-6-14(12)20(31(21,29)30)9-19-16-13(18)7-11(22(25)26)8-15(16)23(27)28/h3-8,10,19H,9H2,1-2H3. The summed E-state index contributed by atoms with van der Waals surface area (Å²) >= 11 is 3.06. The van der Waals surface area contributed by atoms with Crippen LogP contribution in [0.1, 0.15) is 24.2 Å². The van der Waals surface area contributed by atoms with Gasteiger partial charge in [-0.2, -0.15) is 8.42 Å². The molecular formula is C17H16BrN5O7S. The summed E-state index contributed by atoms with van der Waals surface area (Å²) in [6.45, 7) is 2.63. The van der Waals surface area contributed by atoms with Gasteiger partial charge in [0.15, 0.2) is 0 Å². The van der Waals surface area contributed by atoms with Gasteiger partial charge in [0.05, 0.1) is 31.6 Å². The molecule has 31 heavy (non-hydrogen) atoms. The van der Waals surface area contributed by atoms with Crippen LogP contribution in [0.15, 0.2) is 40.9 Å². The smallest absolute Gasteiger partial charge is 0.330 e. The number of nitro benzene ring substituents is 2. The summed E-state index contributed by atoms with van der Waals surface area (Å²) < 4.78 is 28.0. The van der Waals surface area contributed by atoms with Crippen LogP contribution in [0.25, 0.3) is 0 Å². The van der Waals surface area contributed by atoms with Gasteiger partial charge in [-0.25, -0.2) is 8.61 Å². The lowest BCUT2D eigenvalue weighted by Crippen LogP contribution is -2.55. The maximum absolute atomic E-state index is 13.2. The van der Waals surface area contributed by atoms with E-state index in [-0.39, 0.29) is 21.4 Å². The number of non-ortho nitro benzene ring substituents is 1. The molecule has 12 nitrogen and oxygen atoms in total. The van der Waals surface area contributed by atoms with Crippen LogP contribution in [0.4, 0.5) is 22.7 Å². The van der Waals surface area contributed by atoms with E-state index in [0.717, 1.165) is 20.7 Å². The molecule has 0 unspecified atom stereocenters. The first-order valence-corrected chi connectivity index (χ1v) is 11.0. The first-order valence-electron chi connectivity index (χ1n) is 8.78. The van der Waals surface area contributed by atoms with Gasteiger partial charge < -0.3 is 5.32 Å². The number of fused-ring (bicyclic) bond motifs is 1. The first-order chi connectivity index (χ1) is 14.5. The van der Waals surface area contributed by atoms with Crippen LogP contribution in [-0.2, 0) is 10.2 Å². The topological polar surface area (TPSA) is 156 Å². The molecule has 3 rings (SSSR count). The molecule has 0 saturated carbocycles. The third kappa shape index (κ3) is 3.90. The molecule has 164 valence electrons. The molecule has 0 spiro atoms. The fourth-order valence-electron chi connectivity index (χ4n) is 3.15. The molecule has 1 amide bonds. The Hall–Kier alpha value is -3.26. The van der Waals surface area contributed by atoms with E-state index in [4.69, 9.17) is 0 Å². The number of para-hydroxylation sites is 1. The average Bonchev–Trinajstić information content (AvgIpc) is 2.67. The van der Waals surface area contributed by atoms with Crippen molar-refractivity contribution in [3.05, 3.63) is 66.7 Å². The highest BCUT2D eigenvalue weighted by Gasteiger charge is 2.43. The quantitative estimate of drug-likeness (QED) is 0.455. The second kappa shape index (κ2) is 8.11. The Labute approximate surface area is 185 Å². The van der Waals surface area contributed by atoms with Crippen molar-refractivity contribution in [1.82, 2.24) is 4.31 Å². The van der Waals surface area contributed by atoms with E-state index in [1.165, 1.54) is 12.1 Å². The van der Waals surface area contributed by atoms with Crippen LogP contribution in [-0.4, -0.2) is 41.2 Å². The largest absolute Gasteiger partial charge is 0.360 e. The number of benzene rings is 2. The zero-order valence-corrected chi connectivity index (χ0v) is 18.6. The number of nitrogens with zero attached hydrogens (tertiary/aromatic N) is 4. The Morgan fingerprint density at radius 1 is 1.13 bits per heavy atom. The molecule has 0 atom stereocenters. The predicted molar refractivity (Wildman–Crippen MR) is 115 cm³/mol. The molecule has 0 aromatic heterocycles. The van der Waals surface area contributed by atoms with Crippen LogP contribution in [0.3, 0.4) is 0 Å². The van der Waals surface area contributed by atoms with Gasteiger partial charge in [-0.1, -0.05) is 12.1 Å². The Bertz CT molecular complexity index is 1200. The second-order valence-electron chi connectivity index (χ2n) is 6.74. The normalized spacial score (nSPS) is 15.0. The van der Waals surface area contributed by atoms with Crippen molar-refractivity contribution in [2.45, 2.75) is 19.9 Å². The SMILES string of the molecule is CC(C)N1C(=O)c2ccccc2N(CNc2c(Br)cc([N+](=O)[O-])cc2[N+](=O)[O-])S1(=O)=O. The van der Waals surface area contributed by atoms with E-state index in [1.54, 1.807) is 26.0 Å². The average molecular weight is 514 g/mol. The summed E-state index contributed by atoms with van der Waals surface area (Å²) in [7, 11) is -4.30. The van der Waals surface area contributed by atoms with Gasteiger partial charge >= 0.3 is 10.2 Å². The van der Waals surface area contributed by atoms with Crippen molar-refractivity contribution in [2.75, 3.05) is 16.3 Å². The van der Waals surface area contributed by atoms with Crippen LogP contribution in [0, 0.1) is 20.2 Å². The first kappa shape index (κ1) is 22.4. The Balaban J connectivity index is 2.07. The minimum absolute atomic E-state index is 0.00730. The molecule has 2 aromatic rings. The van der Waals surface area contributed by atoms with E-state index >= 15 is 0 Å². The third-order valence-electron chi connectivity index (χ3n) is 4.46. The summed E-state index contributed by atoms with van der Waals surface area (Å²) in [5.74, 6) is -0.677. The lowest BCUT2D eigenvalue weighted by molar-refractivity contribution is -0.393. The predicted octanol–water partition coefficient (Wildman–Crippen LogP) is 3.25. The number of hydrogen-bond donors (Lipinski definition) is 1. The molecule has 1 heterocycles. The Kier molecular flexibility index (Phi) is 5.87. The summed E-state index contributed by atoms with van der Waals surface area (Å²) in [5, 5.41) is 25.1. The van der Waals surface area contributed by atoms with E-state index in [0.29, 0.717) is 0 Å². The van der Waals surface area contributed by atoms with Crippen molar-refractivity contribution in [3.8, 4) is 0 Å². The highest BCUT2D eigenvalue weighted by atomic mass is 79.9. The fraction of sp³-hybridized carbons (Fsp3) is 0.235. The molecule has 0 aliphatic carbocycles. The molecule has 2 aromatic carbocycles. The zero-order valence-electron chi connectivity index (χ0n) is 16.2. The van der Waals surface area contributed by atoms with Crippen molar-refractivity contribution in [1.29, 1.82) is 0 Å². The molecule has 1 aliphatic heterocycles. The number of hydrogen-bond acceptors (Lipinski definition) is 8. The highest BCUT2D eigenvalue weighted by molar-refractivity contribution is 9.10. The minimum Gasteiger partial charge on any atom is -0.360 e. The monoisotopic (exact) mass is 513 g/mol. The van der Waals surface area contributed by atoms with Gasteiger partial charge in [-0.15, -0.1) is 0 Å². The van der Waals surface area contributed by atoms with Gasteiger partial charge in [-0.3, -0.25) is 25.0 Å². The fourth-order valence-corrected chi connectivity index (χ4v) is 5.41. The number of anilines is 2. The molecule has 1 aliphatic rings. The molecule has 0 fully saturated rings. The number of carbonyl (C=O) groups excluding carboxylic acids is 1. The van der Waals surface area contributed by atoms with E-state index in [1.807, 2.05) is 0 Å². The summed E-state index contributed by atoms with van der Waals surface area (Å²) in [6.07, 6.45) is 0. The van der Waals surface area contributed by atoms with Gasteiger partial charge in [0, 0.05) is 12.1 Å². The molecular weight excluding hydrogens is 498 g/mol. The highest BCUT2D eigenvalue weighted by Crippen LogP contribution is 2.38. The van der Waals surface area contributed by atoms with E-state index in [9.17, 15) is 33.4 Å². The van der Waals surface area contributed by atoms with Crippen LogP contribution < -0.4 is 9.62 Å². The number of amides is 1. The van der Waals surface area contributed by atoms with Crippen molar-refractivity contribution in [2.24, 2.45) is 0 Å². The number of carbonyl (C=O) groups is 1. The number of rotatable bonds is 6. The molecule has 0 radical (unpaired) electrons. The number of nitrogens with one attached hydrogen (secondary N) is 1. The van der Waals surface area contributed by atoms with Crippen LogP contribution in [0.5, 0.6) is 0 Å². The molecule has 1 N–H and O–H groups in total. The number of nitro groups is 2. The van der Waals surface area contributed by atoms with E-state index in [2.05, 4.69) is 21.2 Å². The van der Waals surface area contributed by atoms with E-state index < -0.39 is 50.0 Å². The lowest BCUT2D eigenvalue weighted by Gasteiger charge is -2.38. The minimum atomic E-state index is -4.30. The zero-order chi connectivity index (χ0) is 23.1. The molecule has 0 bridgehead atoms. The molecule has 14 heteroatoms. The van der Waals surface area contributed by atoms with Crippen LogP contribution >= 0.6 is 15.9 Å². The van der Waals surface area contributed by atoms with Crippen molar-refractivity contribution < 1.29 is 23.1 Å². The van der Waals surface area contributed by atoms with Crippen molar-refractivity contribution >= 4 is 54.8 Å². The Morgan fingerprint density at radius 2 is 1.77 bits per heavy atom. The van der Waals surface area contributed by atoms with Crippen molar-refractivity contribution in [3.63, 3.8) is 0 Å². The Morgan fingerprint density at radius 3 is 2.35 bits per heavy atom. The lowest BCUT2D eigenvalue weighted by atomic mass is 10.1. The molecule has 0 saturated heterocycles. The second-order valence-corrected chi connectivity index (χ2v) is 9.32.